The maximum absolute atomic E-state index is 13.2. The van der Waals surface area contributed by atoms with E-state index in [0.717, 1.165) is 10.6 Å². The van der Waals surface area contributed by atoms with Crippen molar-refractivity contribution in [1.82, 2.24) is 14.4 Å². The van der Waals surface area contributed by atoms with Crippen LogP contribution in [0.3, 0.4) is 0 Å². The summed E-state index contributed by atoms with van der Waals surface area (Å²) in [6.07, 6.45) is -4.30. The number of halogens is 3. The highest BCUT2D eigenvalue weighted by Gasteiger charge is 2.35. The van der Waals surface area contributed by atoms with Gasteiger partial charge in [-0.05, 0) is 18.6 Å². The number of benzene rings is 1. The van der Waals surface area contributed by atoms with Gasteiger partial charge in [0.2, 0.25) is 0 Å². The normalized spacial score (nSPS) is 13.7. The lowest BCUT2D eigenvalue weighted by atomic mass is 10.3. The van der Waals surface area contributed by atoms with E-state index < -0.39 is 18.1 Å². The molecule has 0 fully saturated rings. The molecule has 1 unspecified atom stereocenters. The average Bonchev–Trinajstić information content (AvgIpc) is 2.92. The molecule has 3 aromatic rings. The molecular formula is C14H13F3N4O. The monoisotopic (exact) mass is 310 g/mol. The summed E-state index contributed by atoms with van der Waals surface area (Å²) in [6.45, 7) is 1.74. The Hall–Kier alpha value is -2.35. The first-order valence-electron chi connectivity index (χ1n) is 6.70. The van der Waals surface area contributed by atoms with E-state index in [-0.39, 0.29) is 11.5 Å². The summed E-state index contributed by atoms with van der Waals surface area (Å²) in [4.78, 5) is 8.09. The van der Waals surface area contributed by atoms with Crippen molar-refractivity contribution in [2.24, 2.45) is 0 Å². The number of nitrogens with one attached hydrogen (secondary N) is 1. The highest BCUT2D eigenvalue weighted by molar-refractivity contribution is 5.83. The highest BCUT2D eigenvalue weighted by Crippen LogP contribution is 2.33. The van der Waals surface area contributed by atoms with Crippen LogP contribution in [0.2, 0.25) is 0 Å². The third-order valence-corrected chi connectivity index (χ3v) is 3.31. The van der Waals surface area contributed by atoms with E-state index in [0.29, 0.717) is 17.5 Å². The largest absolute Gasteiger partial charge is 0.433 e. The Balaban J connectivity index is 2.35. The molecule has 0 aliphatic carbocycles. The molecule has 0 aliphatic heterocycles. The molecule has 3 rings (SSSR count). The Morgan fingerprint density at radius 3 is 2.73 bits per heavy atom. The number of anilines is 1. The topological polar surface area (TPSA) is 62.5 Å². The van der Waals surface area contributed by atoms with E-state index >= 15 is 0 Å². The van der Waals surface area contributed by atoms with Crippen molar-refractivity contribution >= 4 is 22.5 Å². The Kier molecular flexibility index (Phi) is 3.40. The van der Waals surface area contributed by atoms with Crippen LogP contribution in [0.25, 0.3) is 16.7 Å². The van der Waals surface area contributed by atoms with Crippen LogP contribution in [-0.4, -0.2) is 25.7 Å². The van der Waals surface area contributed by atoms with Gasteiger partial charge in [0.25, 0.3) is 0 Å². The minimum absolute atomic E-state index is 0.0264. The fraction of sp³-hybridized carbons (Fsp3) is 0.286. The van der Waals surface area contributed by atoms with Crippen LogP contribution >= 0.6 is 0 Å². The molecule has 0 saturated carbocycles. The number of para-hydroxylation sites is 2. The summed E-state index contributed by atoms with van der Waals surface area (Å²) < 4.78 is 40.6. The minimum Gasteiger partial charge on any atom is -0.374 e. The van der Waals surface area contributed by atoms with Crippen molar-refractivity contribution in [1.29, 1.82) is 0 Å². The minimum atomic E-state index is -4.54. The van der Waals surface area contributed by atoms with Crippen LogP contribution in [0.4, 0.5) is 19.0 Å². The molecule has 0 amide bonds. The quantitative estimate of drug-likeness (QED) is 0.730. The molecule has 0 saturated heterocycles. The molecule has 1 atom stereocenters. The Labute approximate surface area is 123 Å². The first kappa shape index (κ1) is 14.6. The van der Waals surface area contributed by atoms with E-state index in [9.17, 15) is 18.3 Å². The van der Waals surface area contributed by atoms with Gasteiger partial charge in [-0.1, -0.05) is 19.1 Å². The number of alkyl halides is 3. The maximum atomic E-state index is 13.2. The third-order valence-electron chi connectivity index (χ3n) is 3.31. The second-order valence-corrected chi connectivity index (χ2v) is 4.82. The molecule has 2 heterocycles. The van der Waals surface area contributed by atoms with Crippen LogP contribution < -0.4 is 5.32 Å². The molecule has 0 aliphatic rings. The molecule has 5 nitrogen and oxygen atoms in total. The molecule has 2 aromatic heterocycles. The number of aliphatic hydroxyl groups excluding tert-OH is 1. The number of hydrogen-bond acceptors (Lipinski definition) is 4. The number of aromatic nitrogens is 3. The summed E-state index contributed by atoms with van der Waals surface area (Å²) >= 11 is 0. The van der Waals surface area contributed by atoms with Gasteiger partial charge in [-0.2, -0.15) is 13.2 Å². The van der Waals surface area contributed by atoms with Crippen LogP contribution in [0.1, 0.15) is 19.0 Å². The lowest BCUT2D eigenvalue weighted by Gasteiger charge is -2.14. The fourth-order valence-corrected chi connectivity index (χ4v) is 2.24. The number of rotatable bonds is 3. The van der Waals surface area contributed by atoms with Crippen LogP contribution in [-0.2, 0) is 6.18 Å². The molecule has 0 bridgehead atoms. The van der Waals surface area contributed by atoms with Gasteiger partial charge in [-0.25, -0.2) is 9.97 Å². The van der Waals surface area contributed by atoms with Gasteiger partial charge in [-0.3, -0.25) is 4.40 Å². The van der Waals surface area contributed by atoms with Gasteiger partial charge in [0.05, 0.1) is 17.2 Å². The van der Waals surface area contributed by atoms with Gasteiger partial charge in [0.1, 0.15) is 11.9 Å². The Bertz CT molecular complexity index is 828. The van der Waals surface area contributed by atoms with Crippen LogP contribution in [0, 0.1) is 0 Å². The standard InChI is InChI=1S/C14H13F3N4O/c1-2-11(22)20-12-13-18-7-10(14(15,16)17)21(13)9-6-4-3-5-8(9)19-12/h3-7,11,22H,2H2,1H3,(H,19,20). The maximum Gasteiger partial charge on any atom is 0.433 e. The molecule has 0 radical (unpaired) electrons. The van der Waals surface area contributed by atoms with Crippen LogP contribution in [0.15, 0.2) is 30.5 Å². The van der Waals surface area contributed by atoms with Crippen molar-refractivity contribution in [3.05, 3.63) is 36.2 Å². The van der Waals surface area contributed by atoms with Crippen molar-refractivity contribution in [2.45, 2.75) is 25.7 Å². The zero-order chi connectivity index (χ0) is 15.9. The summed E-state index contributed by atoms with van der Waals surface area (Å²) in [6, 6.07) is 6.48. The molecule has 0 spiro atoms. The van der Waals surface area contributed by atoms with Gasteiger partial charge >= 0.3 is 6.18 Å². The van der Waals surface area contributed by atoms with Gasteiger partial charge in [-0.15, -0.1) is 0 Å². The number of fused-ring (bicyclic) bond motifs is 3. The molecule has 2 N–H and O–H groups in total. The zero-order valence-corrected chi connectivity index (χ0v) is 11.6. The Morgan fingerprint density at radius 2 is 2.05 bits per heavy atom. The van der Waals surface area contributed by atoms with E-state index in [2.05, 4.69) is 15.3 Å². The lowest BCUT2D eigenvalue weighted by Crippen LogP contribution is -2.19. The smallest absolute Gasteiger partial charge is 0.374 e. The summed E-state index contributed by atoms with van der Waals surface area (Å²) in [5.41, 5.74) is -0.170. The first-order chi connectivity index (χ1) is 10.4. The number of aliphatic hydroxyl groups is 1. The zero-order valence-electron chi connectivity index (χ0n) is 11.6. The van der Waals surface area contributed by atoms with Crippen LogP contribution in [0.5, 0.6) is 0 Å². The summed E-state index contributed by atoms with van der Waals surface area (Å²) in [7, 11) is 0. The van der Waals surface area contributed by atoms with Gasteiger partial charge in [0.15, 0.2) is 11.5 Å². The average molecular weight is 310 g/mol. The van der Waals surface area contributed by atoms with Crippen molar-refractivity contribution in [3.8, 4) is 0 Å². The Morgan fingerprint density at radius 1 is 1.32 bits per heavy atom. The molecular weight excluding hydrogens is 297 g/mol. The van der Waals surface area contributed by atoms with Crippen molar-refractivity contribution in [2.75, 3.05) is 5.32 Å². The van der Waals surface area contributed by atoms with Crippen molar-refractivity contribution < 1.29 is 18.3 Å². The summed E-state index contributed by atoms with van der Waals surface area (Å²) in [5, 5.41) is 12.4. The second kappa shape index (κ2) is 5.13. The predicted octanol–water partition coefficient (Wildman–Crippen LogP) is 3.04. The van der Waals surface area contributed by atoms with Gasteiger partial charge in [0, 0.05) is 0 Å². The second-order valence-electron chi connectivity index (χ2n) is 4.82. The molecule has 22 heavy (non-hydrogen) atoms. The van der Waals surface area contributed by atoms with E-state index in [4.69, 9.17) is 0 Å². The van der Waals surface area contributed by atoms with E-state index in [1.54, 1.807) is 31.2 Å². The molecule has 8 heteroatoms. The van der Waals surface area contributed by atoms with Crippen molar-refractivity contribution in [3.63, 3.8) is 0 Å². The number of imidazole rings is 1. The number of nitrogens with zero attached hydrogens (tertiary/aromatic N) is 3. The predicted molar refractivity (Wildman–Crippen MR) is 75.4 cm³/mol. The SMILES string of the molecule is CCC(O)Nc1nc2ccccc2n2c(C(F)(F)F)cnc12. The number of hydrogen-bond donors (Lipinski definition) is 2. The summed E-state index contributed by atoms with van der Waals surface area (Å²) in [5.74, 6) is 0.114. The lowest BCUT2D eigenvalue weighted by molar-refractivity contribution is -0.141. The highest BCUT2D eigenvalue weighted by atomic mass is 19.4. The van der Waals surface area contributed by atoms with E-state index in [1.165, 1.54) is 0 Å². The van der Waals surface area contributed by atoms with E-state index in [1.807, 2.05) is 0 Å². The fourth-order valence-electron chi connectivity index (χ4n) is 2.24. The third kappa shape index (κ3) is 2.35. The molecule has 116 valence electrons. The molecule has 1 aromatic carbocycles. The van der Waals surface area contributed by atoms with Gasteiger partial charge < -0.3 is 10.4 Å². The first-order valence-corrected chi connectivity index (χ1v) is 6.70.